The van der Waals surface area contributed by atoms with Gasteiger partial charge in [-0.2, -0.15) is 0 Å². The lowest BCUT2D eigenvalue weighted by molar-refractivity contribution is -0.129. The average molecular weight is 488 g/mol. The molecule has 8 nitrogen and oxygen atoms in total. The first kappa shape index (κ1) is 25.3. The Morgan fingerprint density at radius 3 is 2.61 bits per heavy atom. The van der Waals surface area contributed by atoms with E-state index in [2.05, 4.69) is 20.9 Å². The Bertz CT molecular complexity index is 1220. The van der Waals surface area contributed by atoms with Crippen LogP contribution in [0.15, 0.2) is 66.9 Å². The molecule has 1 aromatic heterocycles. The van der Waals surface area contributed by atoms with Crippen molar-refractivity contribution in [1.82, 2.24) is 20.5 Å². The molecule has 0 radical (unpaired) electrons. The number of rotatable bonds is 9. The molecular weight excluding hydrogens is 454 g/mol. The maximum absolute atomic E-state index is 13.3. The maximum atomic E-state index is 13.3. The highest BCUT2D eigenvalue weighted by molar-refractivity contribution is 5.99. The van der Waals surface area contributed by atoms with E-state index < -0.39 is 12.1 Å². The number of carbonyl (C=O) groups excluding carboxylic acids is 3. The van der Waals surface area contributed by atoms with E-state index in [1.807, 2.05) is 72.6 Å². The van der Waals surface area contributed by atoms with Gasteiger partial charge in [0, 0.05) is 24.4 Å². The first-order chi connectivity index (χ1) is 17.4. The molecule has 3 N–H and O–H groups in total. The zero-order valence-corrected chi connectivity index (χ0v) is 20.7. The highest BCUT2D eigenvalue weighted by atomic mass is 16.2. The third-order valence-electron chi connectivity index (χ3n) is 6.59. The normalized spacial score (nSPS) is 18.5. The second-order valence-corrected chi connectivity index (χ2v) is 9.30. The lowest BCUT2D eigenvalue weighted by atomic mass is 10.0. The van der Waals surface area contributed by atoms with E-state index in [-0.39, 0.29) is 23.8 Å². The fraction of sp³-hybridized carbons (Fsp3) is 0.357. The van der Waals surface area contributed by atoms with Crippen molar-refractivity contribution in [2.45, 2.75) is 50.7 Å². The summed E-state index contributed by atoms with van der Waals surface area (Å²) in [7, 11) is 1.86. The zero-order chi connectivity index (χ0) is 25.5. The topological polar surface area (TPSA) is 103 Å². The Balaban J connectivity index is 1.46. The molecule has 8 heteroatoms. The van der Waals surface area contributed by atoms with Gasteiger partial charge in [0.05, 0.1) is 23.4 Å². The number of carbonyl (C=O) groups is 3. The average Bonchev–Trinajstić information content (AvgIpc) is 3.26. The third kappa shape index (κ3) is 6.46. The summed E-state index contributed by atoms with van der Waals surface area (Å²) in [5, 5.41) is 9.80. The van der Waals surface area contributed by atoms with Crippen molar-refractivity contribution in [2.24, 2.45) is 0 Å². The number of aryl methyl sites for hydroxylation is 1. The number of anilines is 1. The van der Waals surface area contributed by atoms with Crippen LogP contribution in [0.3, 0.4) is 0 Å². The molecule has 0 spiro atoms. The Labute approximate surface area is 211 Å². The first-order valence-electron chi connectivity index (χ1n) is 12.4. The number of amides is 3. The van der Waals surface area contributed by atoms with Gasteiger partial charge in [-0.05, 0) is 44.0 Å². The minimum absolute atomic E-state index is 0.0291. The molecule has 0 bridgehead atoms. The van der Waals surface area contributed by atoms with Gasteiger partial charge in [-0.3, -0.25) is 24.3 Å². The highest BCUT2D eigenvalue weighted by Crippen LogP contribution is 2.19. The highest BCUT2D eigenvalue weighted by Gasteiger charge is 2.36. The zero-order valence-electron chi connectivity index (χ0n) is 20.7. The summed E-state index contributed by atoms with van der Waals surface area (Å²) in [6.07, 6.45) is 3.64. The summed E-state index contributed by atoms with van der Waals surface area (Å²) in [6.45, 7) is 2.40. The van der Waals surface area contributed by atoms with Crippen LogP contribution in [0.25, 0.3) is 10.9 Å². The number of nitrogens with zero attached hydrogens (tertiary/aromatic N) is 2. The Kier molecular flexibility index (Phi) is 8.28. The van der Waals surface area contributed by atoms with Crippen molar-refractivity contribution in [3.8, 4) is 0 Å². The van der Waals surface area contributed by atoms with E-state index in [9.17, 15) is 14.4 Å². The number of aromatic nitrogens is 1. The van der Waals surface area contributed by atoms with E-state index in [1.54, 1.807) is 13.1 Å². The Morgan fingerprint density at radius 2 is 1.83 bits per heavy atom. The summed E-state index contributed by atoms with van der Waals surface area (Å²) in [5.41, 5.74) is 2.52. The molecule has 1 aliphatic heterocycles. The molecule has 3 amide bonds. The number of hydrogen-bond acceptors (Lipinski definition) is 5. The van der Waals surface area contributed by atoms with Crippen LogP contribution in [0.2, 0.25) is 0 Å². The standard InChI is InChI=1S/C28H33N5O3/c1-3-26(34)30-22-16-25(33(2)18-22)28(36)32-24(14-13-19-9-5-4-6-10-19)27(35)31-21-15-20-11-7-8-12-23(20)29-17-21/h4-12,15,17,22,24-25H,3,13-14,16,18H2,1-2H3,(H,30,34)(H,31,35)(H,32,36)/t22-,24-,25+/m1/s1. The number of fused-ring (bicyclic) bond motifs is 1. The summed E-state index contributed by atoms with van der Waals surface area (Å²) in [4.78, 5) is 44.7. The molecule has 2 heterocycles. The summed E-state index contributed by atoms with van der Waals surface area (Å²) < 4.78 is 0. The second-order valence-electron chi connectivity index (χ2n) is 9.30. The van der Waals surface area contributed by atoms with E-state index in [1.165, 1.54) is 0 Å². The molecule has 1 fully saturated rings. The van der Waals surface area contributed by atoms with Crippen molar-refractivity contribution in [2.75, 3.05) is 18.9 Å². The van der Waals surface area contributed by atoms with E-state index in [4.69, 9.17) is 0 Å². The number of nitrogens with one attached hydrogen (secondary N) is 3. The maximum Gasteiger partial charge on any atom is 0.247 e. The van der Waals surface area contributed by atoms with Crippen LogP contribution in [0, 0.1) is 0 Å². The van der Waals surface area contributed by atoms with E-state index >= 15 is 0 Å². The molecule has 4 rings (SSSR count). The second kappa shape index (κ2) is 11.8. The molecule has 0 saturated carbocycles. The molecule has 3 aromatic rings. The minimum Gasteiger partial charge on any atom is -0.352 e. The predicted octanol–water partition coefficient (Wildman–Crippen LogP) is 2.89. The van der Waals surface area contributed by atoms with Gasteiger partial charge in [-0.15, -0.1) is 0 Å². The lowest BCUT2D eigenvalue weighted by Crippen LogP contribution is -2.50. The van der Waals surface area contributed by atoms with Gasteiger partial charge in [-0.1, -0.05) is 55.5 Å². The van der Waals surface area contributed by atoms with E-state index in [0.29, 0.717) is 37.9 Å². The Hall–Kier alpha value is -3.78. The van der Waals surface area contributed by atoms with Gasteiger partial charge >= 0.3 is 0 Å². The molecule has 1 aliphatic rings. The largest absolute Gasteiger partial charge is 0.352 e. The number of likely N-dealkylation sites (N-methyl/N-ethyl adjacent to an activating group) is 1. The van der Waals surface area contributed by atoms with Crippen molar-refractivity contribution in [3.63, 3.8) is 0 Å². The number of hydrogen-bond donors (Lipinski definition) is 3. The molecular formula is C28H33N5O3. The SMILES string of the molecule is CCC(=O)N[C@@H]1C[C@@H](C(=O)N[C@H](CCc2ccccc2)C(=O)Nc2cnc3ccccc3c2)N(C)C1. The third-order valence-corrected chi connectivity index (χ3v) is 6.59. The van der Waals surface area contributed by atoms with Gasteiger partial charge in [0.15, 0.2) is 0 Å². The fourth-order valence-corrected chi connectivity index (χ4v) is 4.60. The van der Waals surface area contributed by atoms with Gasteiger partial charge < -0.3 is 16.0 Å². The van der Waals surface area contributed by atoms with Gasteiger partial charge in [0.2, 0.25) is 17.7 Å². The summed E-state index contributed by atoms with van der Waals surface area (Å²) >= 11 is 0. The summed E-state index contributed by atoms with van der Waals surface area (Å²) in [5.74, 6) is -0.526. The molecule has 1 saturated heterocycles. The minimum atomic E-state index is -0.721. The lowest BCUT2D eigenvalue weighted by Gasteiger charge is -2.23. The monoisotopic (exact) mass is 487 g/mol. The molecule has 0 aliphatic carbocycles. The van der Waals surface area contributed by atoms with Crippen LogP contribution in [0.1, 0.15) is 31.7 Å². The van der Waals surface area contributed by atoms with Gasteiger partial charge in [0.1, 0.15) is 6.04 Å². The number of likely N-dealkylation sites (tertiary alicyclic amines) is 1. The first-order valence-corrected chi connectivity index (χ1v) is 12.4. The molecule has 3 atom stereocenters. The van der Waals surface area contributed by atoms with Crippen molar-refractivity contribution >= 4 is 34.3 Å². The smallest absolute Gasteiger partial charge is 0.247 e. The molecule has 2 aromatic carbocycles. The summed E-state index contributed by atoms with van der Waals surface area (Å²) in [6, 6.07) is 18.2. The van der Waals surface area contributed by atoms with Crippen molar-refractivity contribution < 1.29 is 14.4 Å². The van der Waals surface area contributed by atoms with Crippen LogP contribution in [0.5, 0.6) is 0 Å². The van der Waals surface area contributed by atoms with Crippen LogP contribution < -0.4 is 16.0 Å². The number of para-hydroxylation sites is 1. The molecule has 188 valence electrons. The van der Waals surface area contributed by atoms with Crippen molar-refractivity contribution in [1.29, 1.82) is 0 Å². The fourth-order valence-electron chi connectivity index (χ4n) is 4.60. The molecule has 0 unspecified atom stereocenters. The molecule has 36 heavy (non-hydrogen) atoms. The van der Waals surface area contributed by atoms with Gasteiger partial charge in [-0.25, -0.2) is 0 Å². The van der Waals surface area contributed by atoms with Gasteiger partial charge in [0.25, 0.3) is 0 Å². The van der Waals surface area contributed by atoms with Crippen LogP contribution in [-0.4, -0.2) is 59.3 Å². The van der Waals surface area contributed by atoms with Crippen LogP contribution in [0.4, 0.5) is 5.69 Å². The Morgan fingerprint density at radius 1 is 1.08 bits per heavy atom. The number of benzene rings is 2. The van der Waals surface area contributed by atoms with Crippen molar-refractivity contribution in [3.05, 3.63) is 72.4 Å². The number of pyridine rings is 1. The van der Waals surface area contributed by atoms with Crippen LogP contribution >= 0.6 is 0 Å². The quantitative estimate of drug-likeness (QED) is 0.431. The van der Waals surface area contributed by atoms with Crippen LogP contribution in [-0.2, 0) is 20.8 Å². The predicted molar refractivity (Wildman–Crippen MR) is 140 cm³/mol. The van der Waals surface area contributed by atoms with E-state index in [0.717, 1.165) is 16.5 Å².